The largest absolute Gasteiger partial charge is 0.417 e. The number of nitrogens with one attached hydrogen (secondary N) is 1. The van der Waals surface area contributed by atoms with E-state index in [4.69, 9.17) is 27.6 Å². The highest BCUT2D eigenvalue weighted by atomic mass is 35.5. The minimum absolute atomic E-state index is 0.472. The molecule has 0 fully saturated rings. The number of aromatic amines is 1. The van der Waals surface area contributed by atoms with Gasteiger partial charge in [-0.25, -0.2) is 4.79 Å². The summed E-state index contributed by atoms with van der Waals surface area (Å²) < 4.78 is 4.93. The van der Waals surface area contributed by atoms with Crippen molar-refractivity contribution in [3.05, 3.63) is 27.7 Å². The van der Waals surface area contributed by atoms with Crippen LogP contribution in [0.4, 0.5) is 0 Å². The molecule has 1 heterocycles. The van der Waals surface area contributed by atoms with E-state index < -0.39 is 5.76 Å². The van der Waals surface area contributed by atoms with E-state index in [0.29, 0.717) is 22.0 Å². The second-order valence-corrected chi connectivity index (χ2v) is 4.75. The van der Waals surface area contributed by atoms with Crippen LogP contribution in [-0.2, 0) is 0 Å². The Kier molecular flexibility index (Phi) is 3.29. The Hall–Kier alpha value is -0.580. The molecule has 0 aliphatic heterocycles. The Labute approximate surface area is 99.7 Å². The van der Waals surface area contributed by atoms with Crippen LogP contribution in [0, 0.1) is 0 Å². The number of hydrogen-bond acceptors (Lipinski definition) is 3. The van der Waals surface area contributed by atoms with Crippen LogP contribution in [0.1, 0.15) is 0 Å². The molecule has 0 amide bonds. The maximum atomic E-state index is 10.9. The predicted molar refractivity (Wildman–Crippen MR) is 63.3 cm³/mol. The number of alkyl halides is 1. The van der Waals surface area contributed by atoms with E-state index in [1.807, 2.05) is 0 Å². The van der Waals surface area contributed by atoms with Crippen molar-refractivity contribution in [1.82, 2.24) is 4.98 Å². The molecule has 1 N–H and O–H groups in total. The first kappa shape index (κ1) is 10.9. The average molecular weight is 264 g/mol. The van der Waals surface area contributed by atoms with Crippen LogP contribution < -0.4 is 5.76 Å². The van der Waals surface area contributed by atoms with Crippen LogP contribution >= 0.6 is 35.0 Å². The lowest BCUT2D eigenvalue weighted by atomic mass is 10.3. The lowest BCUT2D eigenvalue weighted by Gasteiger charge is -2.01. The molecule has 0 aliphatic rings. The molecule has 0 saturated carbocycles. The lowest BCUT2D eigenvalue weighted by Crippen LogP contribution is -1.92. The number of oxazole rings is 1. The van der Waals surface area contributed by atoms with Gasteiger partial charge in [0.1, 0.15) is 0 Å². The first-order valence-corrected chi connectivity index (χ1v) is 6.11. The molecule has 0 bridgehead atoms. The van der Waals surface area contributed by atoms with Crippen molar-refractivity contribution >= 4 is 46.1 Å². The summed E-state index contributed by atoms with van der Waals surface area (Å²) in [6.45, 7) is 0. The Morgan fingerprint density at radius 2 is 2.27 bits per heavy atom. The second-order valence-electron chi connectivity index (χ2n) is 2.83. The fourth-order valence-corrected chi connectivity index (χ4v) is 2.45. The molecule has 0 aliphatic carbocycles. The van der Waals surface area contributed by atoms with Crippen LogP contribution in [0.5, 0.6) is 0 Å². The van der Waals surface area contributed by atoms with Gasteiger partial charge in [-0.05, 0) is 12.1 Å². The third-order valence-corrected chi connectivity index (χ3v) is 3.70. The van der Waals surface area contributed by atoms with Crippen LogP contribution in [0.25, 0.3) is 11.1 Å². The summed E-state index contributed by atoms with van der Waals surface area (Å²) in [6, 6.07) is 3.42. The summed E-state index contributed by atoms with van der Waals surface area (Å²) in [4.78, 5) is 14.3. The Balaban J connectivity index is 2.46. The lowest BCUT2D eigenvalue weighted by molar-refractivity contribution is 0.555. The zero-order valence-electron chi connectivity index (χ0n) is 7.55. The molecule has 1 aromatic carbocycles. The Bertz CT molecular complexity index is 534. The number of thioether (sulfide) groups is 1. The van der Waals surface area contributed by atoms with Crippen LogP contribution in [0.15, 0.2) is 26.2 Å². The molecule has 0 saturated heterocycles. The van der Waals surface area contributed by atoms with Gasteiger partial charge < -0.3 is 4.42 Å². The SMILES string of the molecule is O=c1[nH]c2cc(Cl)c(SCCCl)cc2o1. The molecule has 0 spiro atoms. The monoisotopic (exact) mass is 263 g/mol. The molecule has 0 unspecified atom stereocenters. The molecular formula is C9H7Cl2NO2S. The highest BCUT2D eigenvalue weighted by Gasteiger charge is 2.07. The van der Waals surface area contributed by atoms with E-state index in [1.54, 1.807) is 12.1 Å². The van der Waals surface area contributed by atoms with Gasteiger partial charge in [-0.15, -0.1) is 23.4 Å². The van der Waals surface area contributed by atoms with Gasteiger partial charge in [0.2, 0.25) is 0 Å². The second kappa shape index (κ2) is 4.51. The molecular weight excluding hydrogens is 257 g/mol. The van der Waals surface area contributed by atoms with E-state index in [9.17, 15) is 4.79 Å². The standard InChI is InChI=1S/C9H7Cl2NO2S/c10-1-2-15-8-4-7-6(3-5(8)11)12-9(13)14-7/h3-4H,1-2H2,(H,12,13). The molecule has 6 heteroatoms. The normalized spacial score (nSPS) is 11.1. The number of aromatic nitrogens is 1. The predicted octanol–water partition coefficient (Wildman–Crippen LogP) is 3.11. The molecule has 0 radical (unpaired) electrons. The molecule has 3 nitrogen and oxygen atoms in total. The van der Waals surface area contributed by atoms with Crippen LogP contribution in [0.3, 0.4) is 0 Å². The van der Waals surface area contributed by atoms with Gasteiger partial charge >= 0.3 is 5.76 Å². The number of H-pyrrole nitrogens is 1. The molecule has 2 aromatic rings. The molecule has 2 rings (SSSR count). The van der Waals surface area contributed by atoms with Gasteiger partial charge in [-0.3, -0.25) is 4.98 Å². The zero-order chi connectivity index (χ0) is 10.8. The van der Waals surface area contributed by atoms with Crippen molar-refractivity contribution in [1.29, 1.82) is 0 Å². The van der Waals surface area contributed by atoms with E-state index in [0.717, 1.165) is 10.6 Å². The number of halogens is 2. The van der Waals surface area contributed by atoms with Crippen molar-refractivity contribution in [3.8, 4) is 0 Å². The van der Waals surface area contributed by atoms with Crippen molar-refractivity contribution in [3.63, 3.8) is 0 Å². The topological polar surface area (TPSA) is 46.0 Å². The average Bonchev–Trinajstić information content (AvgIpc) is 2.53. The summed E-state index contributed by atoms with van der Waals surface area (Å²) in [7, 11) is 0. The first-order valence-electron chi connectivity index (χ1n) is 4.22. The summed E-state index contributed by atoms with van der Waals surface area (Å²) in [5.41, 5.74) is 1.13. The highest BCUT2D eigenvalue weighted by Crippen LogP contribution is 2.30. The summed E-state index contributed by atoms with van der Waals surface area (Å²) in [5.74, 6) is 0.845. The van der Waals surface area contributed by atoms with Gasteiger partial charge in [-0.2, -0.15) is 0 Å². The van der Waals surface area contributed by atoms with Gasteiger partial charge in [0, 0.05) is 16.5 Å². The van der Waals surface area contributed by atoms with Crippen molar-refractivity contribution in [2.24, 2.45) is 0 Å². The zero-order valence-corrected chi connectivity index (χ0v) is 9.88. The van der Waals surface area contributed by atoms with Gasteiger partial charge in [0.05, 0.1) is 10.5 Å². The van der Waals surface area contributed by atoms with E-state index in [1.165, 1.54) is 11.8 Å². The van der Waals surface area contributed by atoms with Crippen molar-refractivity contribution < 1.29 is 4.42 Å². The fourth-order valence-electron chi connectivity index (χ4n) is 1.21. The van der Waals surface area contributed by atoms with Gasteiger partial charge in [-0.1, -0.05) is 11.6 Å². The third kappa shape index (κ3) is 2.33. The van der Waals surface area contributed by atoms with E-state index >= 15 is 0 Å². The first-order chi connectivity index (χ1) is 7.20. The van der Waals surface area contributed by atoms with E-state index in [-0.39, 0.29) is 0 Å². The summed E-state index contributed by atoms with van der Waals surface area (Å²) in [6.07, 6.45) is 0. The fraction of sp³-hybridized carbons (Fsp3) is 0.222. The molecule has 80 valence electrons. The minimum Gasteiger partial charge on any atom is -0.408 e. The van der Waals surface area contributed by atoms with Crippen LogP contribution in [-0.4, -0.2) is 16.6 Å². The molecule has 1 aromatic heterocycles. The number of hydrogen-bond donors (Lipinski definition) is 1. The third-order valence-electron chi connectivity index (χ3n) is 1.81. The molecule has 15 heavy (non-hydrogen) atoms. The highest BCUT2D eigenvalue weighted by molar-refractivity contribution is 7.99. The van der Waals surface area contributed by atoms with Gasteiger partial charge in [0.25, 0.3) is 0 Å². The maximum absolute atomic E-state index is 10.9. The quantitative estimate of drug-likeness (QED) is 0.684. The Morgan fingerprint density at radius 3 is 3.00 bits per heavy atom. The number of fused-ring (bicyclic) bond motifs is 1. The van der Waals surface area contributed by atoms with Gasteiger partial charge in [0.15, 0.2) is 5.58 Å². The number of rotatable bonds is 3. The number of benzene rings is 1. The van der Waals surface area contributed by atoms with E-state index in [2.05, 4.69) is 4.98 Å². The Morgan fingerprint density at radius 1 is 1.47 bits per heavy atom. The summed E-state index contributed by atoms with van der Waals surface area (Å²) in [5, 5.41) is 0.592. The maximum Gasteiger partial charge on any atom is 0.417 e. The van der Waals surface area contributed by atoms with Crippen molar-refractivity contribution in [2.75, 3.05) is 11.6 Å². The smallest absolute Gasteiger partial charge is 0.408 e. The summed E-state index contributed by atoms with van der Waals surface area (Å²) >= 11 is 13.1. The molecule has 0 atom stereocenters. The van der Waals surface area contributed by atoms with Crippen LogP contribution in [0.2, 0.25) is 5.02 Å². The van der Waals surface area contributed by atoms with Crippen molar-refractivity contribution in [2.45, 2.75) is 4.90 Å². The minimum atomic E-state index is -0.472.